The summed E-state index contributed by atoms with van der Waals surface area (Å²) in [5, 5.41) is 12.4. The van der Waals surface area contributed by atoms with Crippen LogP contribution >= 0.6 is 0 Å². The third kappa shape index (κ3) is 4.83. The van der Waals surface area contributed by atoms with Gasteiger partial charge in [-0.3, -0.25) is 4.79 Å². The number of amides is 1. The van der Waals surface area contributed by atoms with Crippen LogP contribution < -0.4 is 5.32 Å². The molecule has 1 amide bonds. The van der Waals surface area contributed by atoms with Gasteiger partial charge in [-0.2, -0.15) is 0 Å². The van der Waals surface area contributed by atoms with Crippen molar-refractivity contribution in [3.63, 3.8) is 0 Å². The van der Waals surface area contributed by atoms with Crippen molar-refractivity contribution in [2.24, 2.45) is 0 Å². The lowest BCUT2D eigenvalue weighted by Gasteiger charge is -2.16. The third-order valence-corrected chi connectivity index (χ3v) is 4.19. The summed E-state index contributed by atoms with van der Waals surface area (Å²) in [6, 6.07) is 10.3. The van der Waals surface area contributed by atoms with Gasteiger partial charge in [-0.1, -0.05) is 24.3 Å². The van der Waals surface area contributed by atoms with Crippen molar-refractivity contribution in [3.05, 3.63) is 64.2 Å². The van der Waals surface area contributed by atoms with Crippen LogP contribution in [0.3, 0.4) is 0 Å². The van der Waals surface area contributed by atoms with Crippen molar-refractivity contribution in [1.82, 2.24) is 5.32 Å². The lowest BCUT2D eigenvalue weighted by Crippen LogP contribution is -2.31. The molecule has 0 aromatic heterocycles. The summed E-state index contributed by atoms with van der Waals surface area (Å²) >= 11 is 0. The molecule has 0 aliphatic heterocycles. The van der Waals surface area contributed by atoms with E-state index in [2.05, 4.69) is 5.32 Å². The molecule has 2 N–H and O–H groups in total. The van der Waals surface area contributed by atoms with Gasteiger partial charge in [-0.05, 0) is 62.1 Å². The number of carbonyl (C=O) groups excluding carboxylic acids is 2. The van der Waals surface area contributed by atoms with Gasteiger partial charge in [0.25, 0.3) is 5.91 Å². The van der Waals surface area contributed by atoms with Crippen molar-refractivity contribution >= 4 is 11.9 Å². The topological polar surface area (TPSA) is 75.6 Å². The Morgan fingerprint density at radius 2 is 1.72 bits per heavy atom. The maximum Gasteiger partial charge on any atom is 0.338 e. The number of rotatable bonds is 5. The molecule has 0 radical (unpaired) electrons. The molecule has 25 heavy (non-hydrogen) atoms. The number of esters is 1. The van der Waals surface area contributed by atoms with Crippen molar-refractivity contribution in [3.8, 4) is 5.75 Å². The van der Waals surface area contributed by atoms with Crippen LogP contribution in [-0.4, -0.2) is 23.6 Å². The summed E-state index contributed by atoms with van der Waals surface area (Å²) in [5.74, 6) is -1.01. The number of phenols is 1. The monoisotopic (exact) mass is 341 g/mol. The smallest absolute Gasteiger partial charge is 0.338 e. The van der Waals surface area contributed by atoms with Crippen molar-refractivity contribution in [2.75, 3.05) is 6.61 Å². The Morgan fingerprint density at radius 1 is 1.04 bits per heavy atom. The van der Waals surface area contributed by atoms with Crippen LogP contribution in [0.1, 0.15) is 45.6 Å². The van der Waals surface area contributed by atoms with Gasteiger partial charge in [0.2, 0.25) is 0 Å². The van der Waals surface area contributed by atoms with Crippen LogP contribution in [0.15, 0.2) is 36.4 Å². The van der Waals surface area contributed by atoms with E-state index in [9.17, 15) is 14.7 Å². The highest BCUT2D eigenvalue weighted by molar-refractivity contribution is 5.91. The number of aryl methyl sites for hydroxylation is 3. The number of carbonyl (C=O) groups is 2. The number of aromatic hydroxyl groups is 1. The lowest BCUT2D eigenvalue weighted by molar-refractivity contribution is -0.124. The van der Waals surface area contributed by atoms with Crippen LogP contribution in [0.4, 0.5) is 0 Å². The second kappa shape index (κ2) is 7.83. The Morgan fingerprint density at radius 3 is 2.36 bits per heavy atom. The fourth-order valence-corrected chi connectivity index (χ4v) is 2.35. The Bertz CT molecular complexity index is 798. The van der Waals surface area contributed by atoms with Crippen LogP contribution in [0.5, 0.6) is 5.75 Å². The van der Waals surface area contributed by atoms with E-state index in [1.54, 1.807) is 19.1 Å². The molecule has 2 rings (SSSR count). The Balaban J connectivity index is 1.90. The first-order valence-electron chi connectivity index (χ1n) is 8.11. The zero-order valence-corrected chi connectivity index (χ0v) is 14.9. The molecular formula is C20H23NO4. The first kappa shape index (κ1) is 18.5. The number of benzene rings is 2. The van der Waals surface area contributed by atoms with Crippen molar-refractivity contribution < 1.29 is 19.4 Å². The molecule has 5 nitrogen and oxygen atoms in total. The molecule has 1 unspecified atom stereocenters. The predicted molar refractivity (Wildman–Crippen MR) is 95.6 cm³/mol. The molecule has 5 heteroatoms. The van der Waals surface area contributed by atoms with E-state index in [1.807, 2.05) is 39.0 Å². The summed E-state index contributed by atoms with van der Waals surface area (Å²) in [4.78, 5) is 23.9. The normalized spacial score (nSPS) is 11.7. The number of hydrogen-bond acceptors (Lipinski definition) is 4. The first-order valence-corrected chi connectivity index (χ1v) is 8.11. The molecule has 0 fully saturated rings. The zero-order valence-electron chi connectivity index (χ0n) is 14.9. The summed E-state index contributed by atoms with van der Waals surface area (Å²) in [7, 11) is 0. The standard InChI is InChI=1S/C20H23NO4/c1-12-5-7-16(9-14(12)3)15(4)21-19(23)11-25-20(24)17-8-6-13(2)18(22)10-17/h5-10,15,22H,11H2,1-4H3,(H,21,23). The number of nitrogens with one attached hydrogen (secondary N) is 1. The fourth-order valence-electron chi connectivity index (χ4n) is 2.35. The molecule has 2 aromatic carbocycles. The van der Waals surface area contributed by atoms with Crippen LogP contribution in [0.25, 0.3) is 0 Å². The average Bonchev–Trinajstić information content (AvgIpc) is 2.57. The van der Waals surface area contributed by atoms with Gasteiger partial charge in [0.15, 0.2) is 6.61 Å². The van der Waals surface area contributed by atoms with Gasteiger partial charge in [0.05, 0.1) is 11.6 Å². The maximum absolute atomic E-state index is 12.0. The number of phenolic OH excluding ortho intramolecular Hbond substituents is 1. The van der Waals surface area contributed by atoms with E-state index in [0.29, 0.717) is 5.56 Å². The van der Waals surface area contributed by atoms with Crippen LogP contribution in [0, 0.1) is 20.8 Å². The van der Waals surface area contributed by atoms with E-state index < -0.39 is 5.97 Å². The zero-order chi connectivity index (χ0) is 18.6. The van der Waals surface area contributed by atoms with Gasteiger partial charge in [-0.25, -0.2) is 4.79 Å². The highest BCUT2D eigenvalue weighted by Crippen LogP contribution is 2.18. The van der Waals surface area contributed by atoms with Crippen LogP contribution in [-0.2, 0) is 9.53 Å². The first-order chi connectivity index (χ1) is 11.8. The van der Waals surface area contributed by atoms with Crippen molar-refractivity contribution in [2.45, 2.75) is 33.7 Å². The molecule has 0 aliphatic rings. The fraction of sp³-hybridized carbons (Fsp3) is 0.300. The minimum absolute atomic E-state index is 0.0160. The van der Waals surface area contributed by atoms with Crippen molar-refractivity contribution in [1.29, 1.82) is 0 Å². The Kier molecular flexibility index (Phi) is 5.80. The third-order valence-electron chi connectivity index (χ3n) is 4.19. The average molecular weight is 341 g/mol. The SMILES string of the molecule is Cc1ccc(C(C)NC(=O)COC(=O)c2ccc(C)c(O)c2)cc1C. The molecule has 0 spiro atoms. The van der Waals surface area contributed by atoms with Gasteiger partial charge in [0.1, 0.15) is 5.75 Å². The van der Waals surface area contributed by atoms with E-state index in [1.165, 1.54) is 11.6 Å². The largest absolute Gasteiger partial charge is 0.508 e. The molecule has 0 saturated heterocycles. The van der Waals surface area contributed by atoms with E-state index in [-0.39, 0.29) is 29.9 Å². The molecule has 0 heterocycles. The van der Waals surface area contributed by atoms with E-state index in [0.717, 1.165) is 11.1 Å². The molecule has 2 aromatic rings. The predicted octanol–water partition coefficient (Wildman–Crippen LogP) is 3.35. The molecule has 1 atom stereocenters. The second-order valence-electron chi connectivity index (χ2n) is 6.21. The lowest BCUT2D eigenvalue weighted by atomic mass is 10.0. The molecule has 0 bridgehead atoms. The van der Waals surface area contributed by atoms with E-state index >= 15 is 0 Å². The quantitative estimate of drug-likeness (QED) is 0.818. The summed E-state index contributed by atoms with van der Waals surface area (Å²) in [6.07, 6.45) is 0. The molecular weight excluding hydrogens is 318 g/mol. The second-order valence-corrected chi connectivity index (χ2v) is 6.21. The number of hydrogen-bond donors (Lipinski definition) is 2. The molecule has 132 valence electrons. The van der Waals surface area contributed by atoms with Gasteiger partial charge < -0.3 is 15.2 Å². The Hall–Kier alpha value is -2.82. The minimum Gasteiger partial charge on any atom is -0.508 e. The minimum atomic E-state index is -0.649. The summed E-state index contributed by atoms with van der Waals surface area (Å²) < 4.78 is 5.00. The highest BCUT2D eigenvalue weighted by atomic mass is 16.5. The maximum atomic E-state index is 12.0. The summed E-state index contributed by atoms with van der Waals surface area (Å²) in [5.41, 5.74) is 4.21. The summed E-state index contributed by atoms with van der Waals surface area (Å²) in [6.45, 7) is 7.29. The highest BCUT2D eigenvalue weighted by Gasteiger charge is 2.14. The van der Waals surface area contributed by atoms with E-state index in [4.69, 9.17) is 4.74 Å². The molecule has 0 saturated carbocycles. The molecule has 0 aliphatic carbocycles. The Labute approximate surface area is 147 Å². The number of ether oxygens (including phenoxy) is 1. The van der Waals surface area contributed by atoms with Gasteiger partial charge in [0, 0.05) is 0 Å². The van der Waals surface area contributed by atoms with Crippen LogP contribution in [0.2, 0.25) is 0 Å². The van der Waals surface area contributed by atoms with Gasteiger partial charge >= 0.3 is 5.97 Å². The van der Waals surface area contributed by atoms with Gasteiger partial charge in [-0.15, -0.1) is 0 Å².